The molecule has 3 aromatic rings. The highest BCUT2D eigenvalue weighted by atomic mass is 19.1. The van der Waals surface area contributed by atoms with E-state index in [0.29, 0.717) is 11.5 Å². The second kappa shape index (κ2) is 9.29. The SMILES string of the molecule is CCn1cc(C)c2c1CCCN(CCCN1CCC(c3noc4cc(F)ccc34)CC1)C2=O. The van der Waals surface area contributed by atoms with Crippen molar-refractivity contribution in [2.24, 2.45) is 0 Å². The van der Waals surface area contributed by atoms with E-state index in [4.69, 9.17) is 4.52 Å². The van der Waals surface area contributed by atoms with E-state index >= 15 is 0 Å². The predicted molar refractivity (Wildman–Crippen MR) is 126 cm³/mol. The number of carbonyl (C=O) groups is 1. The number of piperidine rings is 1. The fourth-order valence-electron chi connectivity index (χ4n) is 5.64. The van der Waals surface area contributed by atoms with Crippen LogP contribution in [0.25, 0.3) is 11.0 Å². The molecule has 0 unspecified atom stereocenters. The van der Waals surface area contributed by atoms with Crippen molar-refractivity contribution in [3.05, 3.63) is 52.7 Å². The van der Waals surface area contributed by atoms with E-state index < -0.39 is 0 Å². The van der Waals surface area contributed by atoms with Gasteiger partial charge in [0.1, 0.15) is 5.82 Å². The highest BCUT2D eigenvalue weighted by molar-refractivity contribution is 5.97. The molecule has 2 aliphatic heterocycles. The fourth-order valence-corrected chi connectivity index (χ4v) is 5.64. The average molecular weight is 453 g/mol. The van der Waals surface area contributed by atoms with Gasteiger partial charge in [-0.25, -0.2) is 4.39 Å². The summed E-state index contributed by atoms with van der Waals surface area (Å²) in [6, 6.07) is 4.67. The fraction of sp³-hybridized carbons (Fsp3) is 0.538. The number of aromatic nitrogens is 2. The van der Waals surface area contributed by atoms with Gasteiger partial charge in [0, 0.05) is 48.9 Å². The zero-order chi connectivity index (χ0) is 22.9. The Balaban J connectivity index is 1.14. The third kappa shape index (κ3) is 4.31. The first-order valence-corrected chi connectivity index (χ1v) is 12.3. The topological polar surface area (TPSA) is 54.5 Å². The van der Waals surface area contributed by atoms with Gasteiger partial charge in [-0.3, -0.25) is 4.79 Å². The third-order valence-corrected chi connectivity index (χ3v) is 7.40. The van der Waals surface area contributed by atoms with Gasteiger partial charge in [0.15, 0.2) is 5.58 Å². The molecule has 0 saturated carbocycles. The maximum Gasteiger partial charge on any atom is 0.255 e. The van der Waals surface area contributed by atoms with Crippen molar-refractivity contribution in [3.63, 3.8) is 0 Å². The largest absolute Gasteiger partial charge is 0.356 e. The summed E-state index contributed by atoms with van der Waals surface area (Å²) in [7, 11) is 0. The summed E-state index contributed by atoms with van der Waals surface area (Å²) >= 11 is 0. The van der Waals surface area contributed by atoms with Gasteiger partial charge in [-0.1, -0.05) is 5.16 Å². The van der Waals surface area contributed by atoms with Crippen LogP contribution >= 0.6 is 0 Å². The van der Waals surface area contributed by atoms with Gasteiger partial charge in [-0.2, -0.15) is 0 Å². The Hall–Kier alpha value is -2.67. The molecule has 7 heteroatoms. The zero-order valence-corrected chi connectivity index (χ0v) is 19.6. The van der Waals surface area contributed by atoms with Gasteiger partial charge in [-0.05, 0) is 83.3 Å². The van der Waals surface area contributed by atoms with Crippen LogP contribution in [0, 0.1) is 12.7 Å². The van der Waals surface area contributed by atoms with Gasteiger partial charge in [0.2, 0.25) is 0 Å². The molecule has 6 nitrogen and oxygen atoms in total. The van der Waals surface area contributed by atoms with Crippen LogP contribution in [-0.2, 0) is 13.0 Å². The van der Waals surface area contributed by atoms with E-state index in [1.165, 1.54) is 17.8 Å². The monoisotopic (exact) mass is 452 g/mol. The normalized spacial score (nSPS) is 18.2. The summed E-state index contributed by atoms with van der Waals surface area (Å²) in [5.74, 6) is 0.265. The van der Waals surface area contributed by atoms with Gasteiger partial charge in [0.05, 0.1) is 11.3 Å². The van der Waals surface area contributed by atoms with E-state index in [0.717, 1.165) is 93.6 Å². The molecule has 1 fully saturated rings. The first-order valence-electron chi connectivity index (χ1n) is 12.3. The summed E-state index contributed by atoms with van der Waals surface area (Å²) in [4.78, 5) is 17.8. The summed E-state index contributed by atoms with van der Waals surface area (Å²) in [6.07, 6.45) is 7.18. The molecule has 2 aromatic heterocycles. The summed E-state index contributed by atoms with van der Waals surface area (Å²) < 4.78 is 21.0. The molecule has 176 valence electrons. The second-order valence-corrected chi connectivity index (χ2v) is 9.49. The van der Waals surface area contributed by atoms with Crippen molar-refractivity contribution in [2.75, 3.05) is 32.7 Å². The van der Waals surface area contributed by atoms with Gasteiger partial charge in [0.25, 0.3) is 5.91 Å². The molecule has 0 radical (unpaired) electrons. The molecule has 0 atom stereocenters. The molecule has 33 heavy (non-hydrogen) atoms. The van der Waals surface area contributed by atoms with E-state index in [9.17, 15) is 9.18 Å². The van der Waals surface area contributed by atoms with Crippen LogP contribution in [0.3, 0.4) is 0 Å². The minimum Gasteiger partial charge on any atom is -0.356 e. The quantitative estimate of drug-likeness (QED) is 0.541. The number of halogens is 1. The first-order chi connectivity index (χ1) is 16.0. The number of hydrogen-bond donors (Lipinski definition) is 0. The molecule has 1 saturated heterocycles. The Morgan fingerprint density at radius 2 is 2.00 bits per heavy atom. The lowest BCUT2D eigenvalue weighted by Crippen LogP contribution is -2.37. The summed E-state index contributed by atoms with van der Waals surface area (Å²) in [5, 5.41) is 5.18. The Morgan fingerprint density at radius 1 is 1.18 bits per heavy atom. The number of aryl methyl sites for hydroxylation is 2. The van der Waals surface area contributed by atoms with Crippen LogP contribution in [0.15, 0.2) is 28.9 Å². The highest BCUT2D eigenvalue weighted by Crippen LogP contribution is 2.33. The number of nitrogens with zero attached hydrogens (tertiary/aromatic N) is 4. The Kier molecular flexibility index (Phi) is 6.23. The third-order valence-electron chi connectivity index (χ3n) is 7.40. The lowest BCUT2D eigenvalue weighted by atomic mass is 9.91. The molecule has 0 spiro atoms. The molecule has 0 aliphatic carbocycles. The van der Waals surface area contributed by atoms with Crippen LogP contribution in [0.4, 0.5) is 4.39 Å². The predicted octanol–water partition coefficient (Wildman–Crippen LogP) is 4.75. The number of rotatable bonds is 6. The van der Waals surface area contributed by atoms with E-state index in [2.05, 4.69) is 39.6 Å². The number of amides is 1. The van der Waals surface area contributed by atoms with Crippen molar-refractivity contribution in [3.8, 4) is 0 Å². The number of fused-ring (bicyclic) bond motifs is 2. The maximum absolute atomic E-state index is 13.4. The highest BCUT2D eigenvalue weighted by Gasteiger charge is 2.28. The lowest BCUT2D eigenvalue weighted by molar-refractivity contribution is 0.0750. The number of carbonyl (C=O) groups excluding carboxylic acids is 1. The van der Waals surface area contributed by atoms with E-state index in [-0.39, 0.29) is 11.7 Å². The molecule has 1 amide bonds. The lowest BCUT2D eigenvalue weighted by Gasteiger charge is -2.31. The molecule has 4 heterocycles. The van der Waals surface area contributed by atoms with Crippen LogP contribution in [0.2, 0.25) is 0 Å². The van der Waals surface area contributed by atoms with Crippen molar-refractivity contribution in [1.29, 1.82) is 0 Å². The number of hydrogen-bond acceptors (Lipinski definition) is 4. The second-order valence-electron chi connectivity index (χ2n) is 9.49. The Morgan fingerprint density at radius 3 is 2.79 bits per heavy atom. The summed E-state index contributed by atoms with van der Waals surface area (Å²) in [6.45, 7) is 9.80. The minimum atomic E-state index is -0.294. The van der Waals surface area contributed by atoms with Crippen molar-refractivity contribution >= 4 is 16.9 Å². The van der Waals surface area contributed by atoms with Crippen LogP contribution in [-0.4, -0.2) is 58.2 Å². The van der Waals surface area contributed by atoms with Gasteiger partial charge >= 0.3 is 0 Å². The van der Waals surface area contributed by atoms with E-state index in [1.807, 2.05) is 0 Å². The van der Waals surface area contributed by atoms with Crippen LogP contribution < -0.4 is 0 Å². The van der Waals surface area contributed by atoms with Crippen molar-refractivity contribution in [2.45, 2.75) is 58.4 Å². The van der Waals surface area contributed by atoms with Crippen LogP contribution in [0.5, 0.6) is 0 Å². The smallest absolute Gasteiger partial charge is 0.255 e. The summed E-state index contributed by atoms with van der Waals surface area (Å²) in [5.41, 5.74) is 4.75. The Labute approximate surface area is 194 Å². The van der Waals surface area contributed by atoms with Crippen LogP contribution in [0.1, 0.15) is 65.8 Å². The van der Waals surface area contributed by atoms with Crippen molar-refractivity contribution < 1.29 is 13.7 Å². The molecule has 1 aromatic carbocycles. The van der Waals surface area contributed by atoms with Gasteiger partial charge in [-0.15, -0.1) is 0 Å². The first kappa shape index (κ1) is 22.1. The number of likely N-dealkylation sites (tertiary alicyclic amines) is 1. The standard InChI is InChI=1S/C26H33FN4O2/c1-3-30-17-18(2)24-22(30)6-4-12-31(26(24)32)13-5-11-29-14-9-19(10-15-29)25-21-8-7-20(27)16-23(21)33-28-25/h7-8,16-17,19H,3-6,9-15H2,1-2H3. The maximum atomic E-state index is 13.4. The van der Waals surface area contributed by atoms with Crippen molar-refractivity contribution in [1.82, 2.24) is 19.5 Å². The molecule has 0 N–H and O–H groups in total. The minimum absolute atomic E-state index is 0.209. The number of benzene rings is 1. The molecular formula is C26H33FN4O2. The molecular weight excluding hydrogens is 419 g/mol. The molecule has 0 bridgehead atoms. The van der Waals surface area contributed by atoms with E-state index in [1.54, 1.807) is 6.07 Å². The van der Waals surface area contributed by atoms with Gasteiger partial charge < -0.3 is 18.9 Å². The molecule has 2 aliphatic rings. The zero-order valence-electron chi connectivity index (χ0n) is 19.6. The molecule has 5 rings (SSSR count). The Bertz CT molecular complexity index is 1140. The average Bonchev–Trinajstić information content (AvgIpc) is 3.32.